The van der Waals surface area contributed by atoms with E-state index in [1.165, 1.54) is 5.56 Å². The molecular formula is C15H20N4O. The van der Waals surface area contributed by atoms with Gasteiger partial charge in [0.25, 0.3) is 0 Å². The van der Waals surface area contributed by atoms with Crippen LogP contribution < -0.4 is 5.32 Å². The van der Waals surface area contributed by atoms with Crippen LogP contribution in [0.5, 0.6) is 0 Å². The predicted molar refractivity (Wildman–Crippen MR) is 76.4 cm³/mol. The third-order valence-electron chi connectivity index (χ3n) is 3.75. The second-order valence-corrected chi connectivity index (χ2v) is 5.17. The van der Waals surface area contributed by atoms with Crippen molar-refractivity contribution >= 4 is 0 Å². The first kappa shape index (κ1) is 13.3. The lowest BCUT2D eigenvalue weighted by Gasteiger charge is -2.30. The topological polar surface area (TPSA) is 54.2 Å². The van der Waals surface area contributed by atoms with Crippen LogP contribution in [0.2, 0.25) is 0 Å². The van der Waals surface area contributed by atoms with E-state index in [1.807, 2.05) is 18.2 Å². The Labute approximate surface area is 119 Å². The first-order valence-corrected chi connectivity index (χ1v) is 7.14. The van der Waals surface area contributed by atoms with E-state index in [-0.39, 0.29) is 6.04 Å². The Morgan fingerprint density at radius 2 is 2.00 bits per heavy atom. The van der Waals surface area contributed by atoms with E-state index < -0.39 is 0 Å². The van der Waals surface area contributed by atoms with Gasteiger partial charge in [-0.1, -0.05) is 35.5 Å². The van der Waals surface area contributed by atoms with Gasteiger partial charge in [0.2, 0.25) is 5.89 Å². The molecule has 0 amide bonds. The number of hydrogen-bond donors (Lipinski definition) is 1. The summed E-state index contributed by atoms with van der Waals surface area (Å²) in [6.45, 7) is 6.23. The molecule has 1 atom stereocenters. The fraction of sp³-hybridized carbons (Fsp3) is 0.467. The average molecular weight is 272 g/mol. The van der Waals surface area contributed by atoms with E-state index >= 15 is 0 Å². The van der Waals surface area contributed by atoms with Gasteiger partial charge in [0, 0.05) is 32.6 Å². The van der Waals surface area contributed by atoms with Crippen molar-refractivity contribution in [3.8, 4) is 0 Å². The van der Waals surface area contributed by atoms with Gasteiger partial charge < -0.3 is 9.84 Å². The molecule has 1 fully saturated rings. The summed E-state index contributed by atoms with van der Waals surface area (Å²) in [7, 11) is 0. The van der Waals surface area contributed by atoms with Gasteiger partial charge in [-0.3, -0.25) is 4.90 Å². The van der Waals surface area contributed by atoms with Gasteiger partial charge in [0.05, 0.1) is 6.04 Å². The molecule has 1 aromatic heterocycles. The molecule has 1 aliphatic rings. The molecule has 20 heavy (non-hydrogen) atoms. The number of nitrogens with one attached hydrogen (secondary N) is 1. The highest BCUT2D eigenvalue weighted by Gasteiger charge is 2.22. The quantitative estimate of drug-likeness (QED) is 0.916. The fourth-order valence-electron chi connectivity index (χ4n) is 2.51. The van der Waals surface area contributed by atoms with E-state index in [0.29, 0.717) is 0 Å². The minimum Gasteiger partial charge on any atom is -0.338 e. The molecule has 0 aliphatic carbocycles. The summed E-state index contributed by atoms with van der Waals surface area (Å²) < 4.78 is 5.43. The molecule has 106 valence electrons. The first-order valence-electron chi connectivity index (χ1n) is 7.14. The van der Waals surface area contributed by atoms with Crippen molar-refractivity contribution < 1.29 is 4.52 Å². The fourth-order valence-corrected chi connectivity index (χ4v) is 2.51. The number of aromatic nitrogens is 2. The highest BCUT2D eigenvalue weighted by molar-refractivity contribution is 5.18. The van der Waals surface area contributed by atoms with Crippen LogP contribution >= 0.6 is 0 Å². The molecular weight excluding hydrogens is 252 g/mol. The molecule has 2 heterocycles. The molecule has 1 N–H and O–H groups in total. The number of benzene rings is 1. The average Bonchev–Trinajstić information content (AvgIpc) is 2.97. The summed E-state index contributed by atoms with van der Waals surface area (Å²) in [6.07, 6.45) is 0.721. The normalized spacial score (nSPS) is 18.1. The Morgan fingerprint density at radius 1 is 1.25 bits per heavy atom. The molecule has 0 radical (unpaired) electrons. The summed E-state index contributed by atoms with van der Waals surface area (Å²) in [5.41, 5.74) is 1.20. The van der Waals surface area contributed by atoms with Crippen molar-refractivity contribution in [3.63, 3.8) is 0 Å². The van der Waals surface area contributed by atoms with Gasteiger partial charge in [-0.05, 0) is 12.5 Å². The molecule has 5 nitrogen and oxygen atoms in total. The van der Waals surface area contributed by atoms with Crippen molar-refractivity contribution in [1.29, 1.82) is 0 Å². The van der Waals surface area contributed by atoms with Gasteiger partial charge >= 0.3 is 0 Å². The minimum atomic E-state index is 0.189. The van der Waals surface area contributed by atoms with Gasteiger partial charge in [0.1, 0.15) is 0 Å². The standard InChI is InChI=1S/C15H20N4O/c1-12(19-9-7-16-8-10-19)15-17-14(18-20-15)11-13-5-3-2-4-6-13/h2-6,12,16H,7-11H2,1H3/t12-/m1/s1. The highest BCUT2D eigenvalue weighted by atomic mass is 16.5. The van der Waals surface area contributed by atoms with Crippen LogP contribution in [-0.4, -0.2) is 41.2 Å². The zero-order chi connectivity index (χ0) is 13.8. The van der Waals surface area contributed by atoms with Crippen molar-refractivity contribution in [2.24, 2.45) is 0 Å². The summed E-state index contributed by atoms with van der Waals surface area (Å²) in [4.78, 5) is 6.91. The number of rotatable bonds is 4. The Hall–Kier alpha value is -1.72. The molecule has 1 aromatic carbocycles. The maximum atomic E-state index is 5.43. The van der Waals surface area contributed by atoms with E-state index in [2.05, 4.69) is 39.4 Å². The lowest BCUT2D eigenvalue weighted by Crippen LogP contribution is -2.44. The predicted octanol–water partition coefficient (Wildman–Crippen LogP) is 1.63. The van der Waals surface area contributed by atoms with Crippen LogP contribution in [0.3, 0.4) is 0 Å². The van der Waals surface area contributed by atoms with Gasteiger partial charge in [-0.25, -0.2) is 0 Å². The van der Waals surface area contributed by atoms with Crippen LogP contribution in [0.1, 0.15) is 30.2 Å². The summed E-state index contributed by atoms with van der Waals surface area (Å²) in [5, 5.41) is 7.45. The molecule has 0 saturated carbocycles. The molecule has 0 unspecified atom stereocenters. The molecule has 5 heteroatoms. The lowest BCUT2D eigenvalue weighted by atomic mass is 10.1. The molecule has 1 saturated heterocycles. The zero-order valence-electron chi connectivity index (χ0n) is 11.7. The summed E-state index contributed by atoms with van der Waals surface area (Å²) in [5.74, 6) is 1.48. The smallest absolute Gasteiger partial charge is 0.243 e. The Balaban J connectivity index is 1.66. The van der Waals surface area contributed by atoms with Crippen LogP contribution in [0.4, 0.5) is 0 Å². The van der Waals surface area contributed by atoms with E-state index in [0.717, 1.165) is 44.3 Å². The van der Waals surface area contributed by atoms with Crippen LogP contribution in [0.25, 0.3) is 0 Å². The Bertz CT molecular complexity index is 534. The SMILES string of the molecule is C[C@H](c1nc(Cc2ccccc2)no1)N1CCNCC1. The molecule has 2 aromatic rings. The van der Waals surface area contributed by atoms with Gasteiger partial charge in [-0.2, -0.15) is 4.98 Å². The molecule has 3 rings (SSSR count). The highest BCUT2D eigenvalue weighted by Crippen LogP contribution is 2.19. The monoisotopic (exact) mass is 272 g/mol. The molecule has 0 spiro atoms. The second kappa shape index (κ2) is 6.15. The zero-order valence-corrected chi connectivity index (χ0v) is 11.7. The maximum absolute atomic E-state index is 5.43. The van der Waals surface area contributed by atoms with Gasteiger partial charge in [-0.15, -0.1) is 0 Å². The van der Waals surface area contributed by atoms with E-state index in [4.69, 9.17) is 4.52 Å². The van der Waals surface area contributed by atoms with Crippen molar-refractivity contribution in [2.75, 3.05) is 26.2 Å². The number of piperazine rings is 1. The van der Waals surface area contributed by atoms with Crippen LogP contribution in [-0.2, 0) is 6.42 Å². The Kier molecular flexibility index (Phi) is 4.08. The molecule has 1 aliphatic heterocycles. The van der Waals surface area contributed by atoms with E-state index in [9.17, 15) is 0 Å². The van der Waals surface area contributed by atoms with Crippen molar-refractivity contribution in [3.05, 3.63) is 47.6 Å². The first-order chi connectivity index (χ1) is 9.83. The summed E-state index contributed by atoms with van der Waals surface area (Å²) in [6, 6.07) is 10.4. The van der Waals surface area contributed by atoms with Crippen LogP contribution in [0, 0.1) is 0 Å². The second-order valence-electron chi connectivity index (χ2n) is 5.17. The lowest BCUT2D eigenvalue weighted by molar-refractivity contribution is 0.154. The number of hydrogen-bond acceptors (Lipinski definition) is 5. The molecule has 0 bridgehead atoms. The van der Waals surface area contributed by atoms with Crippen LogP contribution in [0.15, 0.2) is 34.9 Å². The third-order valence-corrected chi connectivity index (χ3v) is 3.75. The number of nitrogens with zero attached hydrogens (tertiary/aromatic N) is 3. The third kappa shape index (κ3) is 3.05. The Morgan fingerprint density at radius 3 is 2.75 bits per heavy atom. The summed E-state index contributed by atoms with van der Waals surface area (Å²) >= 11 is 0. The van der Waals surface area contributed by atoms with E-state index in [1.54, 1.807) is 0 Å². The largest absolute Gasteiger partial charge is 0.338 e. The van der Waals surface area contributed by atoms with Crippen molar-refractivity contribution in [1.82, 2.24) is 20.4 Å². The van der Waals surface area contributed by atoms with Gasteiger partial charge in [0.15, 0.2) is 5.82 Å². The van der Waals surface area contributed by atoms with Crippen molar-refractivity contribution in [2.45, 2.75) is 19.4 Å². The maximum Gasteiger partial charge on any atom is 0.243 e. The minimum absolute atomic E-state index is 0.189.